The Morgan fingerprint density at radius 1 is 1.54 bits per heavy atom. The van der Waals surface area contributed by atoms with Crippen molar-refractivity contribution in [3.8, 4) is 0 Å². The van der Waals surface area contributed by atoms with E-state index in [1.54, 1.807) is 12.2 Å². The normalized spacial score (nSPS) is 24.6. The van der Waals surface area contributed by atoms with Gasteiger partial charge in [-0.1, -0.05) is 6.92 Å². The molecule has 1 N–H and O–H groups in total. The molecule has 0 bridgehead atoms. The zero-order valence-corrected chi connectivity index (χ0v) is 12.8. The van der Waals surface area contributed by atoms with Crippen LogP contribution in [-0.4, -0.2) is 46.5 Å². The van der Waals surface area contributed by atoms with Crippen LogP contribution in [0.2, 0.25) is 0 Å². The number of nitro groups is 1. The first-order valence-electron chi connectivity index (χ1n) is 6.78. The third kappa shape index (κ3) is 3.82. The van der Waals surface area contributed by atoms with Gasteiger partial charge < -0.3 is 14.8 Å². The maximum atomic E-state index is 12.2. The molecule has 2 heterocycles. The molecule has 0 unspecified atom stereocenters. The van der Waals surface area contributed by atoms with Gasteiger partial charge in [-0.15, -0.1) is 0 Å². The van der Waals surface area contributed by atoms with E-state index in [2.05, 4.69) is 5.10 Å². The largest absolute Gasteiger partial charge is 0.471 e. The molecule has 0 atom stereocenters. The Labute approximate surface area is 133 Å². The average molecular weight is 352 g/mol. The number of aromatic nitrogens is 2. The number of carbonyl (C=O) groups excluding carboxylic acids is 1. The van der Waals surface area contributed by atoms with Gasteiger partial charge in [0.15, 0.2) is 5.69 Å². The molecule has 0 radical (unpaired) electrons. The van der Waals surface area contributed by atoms with Gasteiger partial charge >= 0.3 is 17.8 Å². The lowest BCUT2D eigenvalue weighted by atomic mass is 9.92. The smallest absolute Gasteiger partial charge is 0.348 e. The predicted octanol–water partition coefficient (Wildman–Crippen LogP) is 1.06. The highest BCUT2D eigenvalue weighted by molar-refractivity contribution is 5.81. The number of hydrogen-bond acceptors (Lipinski definition) is 6. The van der Waals surface area contributed by atoms with Crippen molar-refractivity contribution in [3.05, 3.63) is 22.0 Å². The monoisotopic (exact) mass is 352 g/mol. The first kappa shape index (κ1) is 18.1. The lowest BCUT2D eigenvalue weighted by Crippen LogP contribution is -2.48. The minimum Gasteiger partial charge on any atom is -0.348 e. The van der Waals surface area contributed by atoms with Crippen LogP contribution in [-0.2, 0) is 21.3 Å². The van der Waals surface area contributed by atoms with Gasteiger partial charge in [0.05, 0.1) is 18.1 Å². The number of rotatable bonds is 4. The SMILES string of the molecule is Cn1ncc([N+](=O)[O-])c1[C@H]1OC[C@](C)(CNC(=O)C(F)(F)F)CO1. The Morgan fingerprint density at radius 2 is 2.12 bits per heavy atom. The van der Waals surface area contributed by atoms with Crippen LogP contribution in [0.25, 0.3) is 0 Å². The Hall–Kier alpha value is -2.21. The van der Waals surface area contributed by atoms with Crippen molar-refractivity contribution in [3.63, 3.8) is 0 Å². The molecule has 12 heteroatoms. The second-order valence-corrected chi connectivity index (χ2v) is 5.74. The highest BCUT2D eigenvalue weighted by Crippen LogP contribution is 2.35. The summed E-state index contributed by atoms with van der Waals surface area (Å²) >= 11 is 0. The number of amides is 1. The summed E-state index contributed by atoms with van der Waals surface area (Å²) in [5.41, 5.74) is -1.08. The topological polar surface area (TPSA) is 109 Å². The summed E-state index contributed by atoms with van der Waals surface area (Å²) in [6.07, 6.45) is -4.98. The minimum atomic E-state index is -4.97. The maximum Gasteiger partial charge on any atom is 0.471 e. The van der Waals surface area contributed by atoms with Crippen LogP contribution in [0.3, 0.4) is 0 Å². The summed E-state index contributed by atoms with van der Waals surface area (Å²) in [6, 6.07) is 0. The van der Waals surface area contributed by atoms with Gasteiger partial charge in [-0.3, -0.25) is 19.6 Å². The number of ether oxygens (including phenoxy) is 2. The van der Waals surface area contributed by atoms with E-state index >= 15 is 0 Å². The molecule has 0 aliphatic carbocycles. The highest BCUT2D eigenvalue weighted by Gasteiger charge is 2.42. The second-order valence-electron chi connectivity index (χ2n) is 5.74. The summed E-state index contributed by atoms with van der Waals surface area (Å²) in [5.74, 6) is -2.05. The molecule has 1 aromatic rings. The van der Waals surface area contributed by atoms with Gasteiger partial charge in [0.1, 0.15) is 6.20 Å². The molecule has 1 fully saturated rings. The molecule has 1 aliphatic heterocycles. The highest BCUT2D eigenvalue weighted by atomic mass is 19.4. The molecule has 24 heavy (non-hydrogen) atoms. The number of nitrogens with one attached hydrogen (secondary N) is 1. The molecule has 0 saturated carbocycles. The third-order valence-corrected chi connectivity index (χ3v) is 3.48. The van der Waals surface area contributed by atoms with E-state index in [9.17, 15) is 28.1 Å². The lowest BCUT2D eigenvalue weighted by molar-refractivity contribution is -0.388. The van der Waals surface area contributed by atoms with Crippen molar-refractivity contribution in [2.45, 2.75) is 19.4 Å². The fraction of sp³-hybridized carbons (Fsp3) is 0.667. The summed E-state index contributed by atoms with van der Waals surface area (Å²) in [4.78, 5) is 21.2. The number of nitrogens with zero attached hydrogens (tertiary/aromatic N) is 3. The molecular weight excluding hydrogens is 337 g/mol. The molecule has 0 aromatic carbocycles. The molecule has 1 aliphatic rings. The van der Waals surface area contributed by atoms with Crippen LogP contribution in [0.1, 0.15) is 18.9 Å². The van der Waals surface area contributed by atoms with Crippen molar-refractivity contribution >= 4 is 11.6 Å². The van der Waals surface area contributed by atoms with E-state index in [1.165, 1.54) is 11.7 Å². The van der Waals surface area contributed by atoms with Crippen LogP contribution in [0.15, 0.2) is 6.20 Å². The van der Waals surface area contributed by atoms with Crippen molar-refractivity contribution in [2.24, 2.45) is 12.5 Å². The van der Waals surface area contributed by atoms with Crippen molar-refractivity contribution in [2.75, 3.05) is 19.8 Å². The third-order valence-electron chi connectivity index (χ3n) is 3.48. The number of halogens is 3. The van der Waals surface area contributed by atoms with Crippen LogP contribution < -0.4 is 5.32 Å². The van der Waals surface area contributed by atoms with E-state index in [4.69, 9.17) is 9.47 Å². The zero-order valence-electron chi connectivity index (χ0n) is 12.8. The number of aryl methyl sites for hydroxylation is 1. The van der Waals surface area contributed by atoms with Gasteiger partial charge in [0.2, 0.25) is 6.29 Å². The van der Waals surface area contributed by atoms with Crippen LogP contribution >= 0.6 is 0 Å². The molecule has 1 saturated heterocycles. The molecule has 2 rings (SSSR count). The van der Waals surface area contributed by atoms with Gasteiger partial charge in [-0.25, -0.2) is 0 Å². The van der Waals surface area contributed by atoms with E-state index in [0.29, 0.717) is 0 Å². The summed E-state index contributed by atoms with van der Waals surface area (Å²) in [7, 11) is 1.48. The number of hydrogen-bond donors (Lipinski definition) is 1. The Kier molecular flexibility index (Phi) is 4.80. The molecule has 1 amide bonds. The first-order chi connectivity index (χ1) is 11.0. The summed E-state index contributed by atoms with van der Waals surface area (Å²) in [5, 5.41) is 16.5. The van der Waals surface area contributed by atoms with Gasteiger partial charge in [0, 0.05) is 19.0 Å². The van der Waals surface area contributed by atoms with E-state index in [1.807, 2.05) is 0 Å². The zero-order chi connectivity index (χ0) is 18.1. The van der Waals surface area contributed by atoms with E-state index < -0.39 is 28.7 Å². The van der Waals surface area contributed by atoms with Crippen LogP contribution in [0.5, 0.6) is 0 Å². The van der Waals surface area contributed by atoms with Gasteiger partial charge in [-0.2, -0.15) is 18.3 Å². The predicted molar refractivity (Wildman–Crippen MR) is 71.7 cm³/mol. The lowest BCUT2D eigenvalue weighted by Gasteiger charge is -2.37. The first-order valence-corrected chi connectivity index (χ1v) is 6.78. The number of alkyl halides is 3. The van der Waals surface area contributed by atoms with Crippen LogP contribution in [0.4, 0.5) is 18.9 Å². The minimum absolute atomic E-state index is 0.0574. The van der Waals surface area contributed by atoms with Crippen molar-refractivity contribution in [1.29, 1.82) is 0 Å². The van der Waals surface area contributed by atoms with Gasteiger partial charge in [-0.05, 0) is 0 Å². The standard InChI is InChI=1S/C12H15F3N4O5/c1-11(4-16-10(20)12(13,14)15)5-23-9(24-6-11)8-7(19(21)22)3-17-18(8)2/h3,9H,4-6H2,1-2H3,(H,16,20)/t9-,11-. The Balaban J connectivity index is 1.99. The Morgan fingerprint density at radius 3 is 2.62 bits per heavy atom. The second kappa shape index (κ2) is 6.36. The van der Waals surface area contributed by atoms with E-state index in [-0.39, 0.29) is 31.1 Å². The molecule has 0 spiro atoms. The molecular formula is C12H15F3N4O5. The quantitative estimate of drug-likeness (QED) is 0.641. The number of carbonyl (C=O) groups is 1. The van der Waals surface area contributed by atoms with Crippen LogP contribution in [0, 0.1) is 15.5 Å². The summed E-state index contributed by atoms with van der Waals surface area (Å²) in [6.45, 7) is 1.14. The summed E-state index contributed by atoms with van der Waals surface area (Å²) < 4.78 is 48.6. The molecule has 1 aromatic heterocycles. The Bertz CT molecular complexity index is 637. The fourth-order valence-electron chi connectivity index (χ4n) is 2.15. The van der Waals surface area contributed by atoms with Crippen molar-refractivity contribution in [1.82, 2.24) is 15.1 Å². The maximum absolute atomic E-state index is 12.2. The van der Waals surface area contributed by atoms with E-state index in [0.717, 1.165) is 6.20 Å². The molecule has 134 valence electrons. The van der Waals surface area contributed by atoms with Crippen molar-refractivity contribution < 1.29 is 32.4 Å². The fourth-order valence-corrected chi connectivity index (χ4v) is 2.15. The average Bonchev–Trinajstić information content (AvgIpc) is 2.87. The van der Waals surface area contributed by atoms with Gasteiger partial charge in [0.25, 0.3) is 0 Å². The molecule has 9 nitrogen and oxygen atoms in total.